The van der Waals surface area contributed by atoms with Crippen LogP contribution in [0.4, 0.5) is 5.69 Å². The summed E-state index contributed by atoms with van der Waals surface area (Å²) in [5.74, 6) is -1.76. The van der Waals surface area contributed by atoms with Gasteiger partial charge in [-0.05, 0) is 35.9 Å². The number of carboxylic acids is 1. The monoisotopic (exact) mass is 368 g/mol. The number of anilines is 1. The molecule has 0 aliphatic carbocycles. The first-order valence-electron chi connectivity index (χ1n) is 6.62. The predicted octanol–water partition coefficient (Wildman–Crippen LogP) is 1.87. The molecular formula is C15H13ClN2O5S. The van der Waals surface area contributed by atoms with Crippen molar-refractivity contribution in [1.29, 1.82) is 0 Å². The molecule has 0 saturated carbocycles. The lowest BCUT2D eigenvalue weighted by molar-refractivity contribution is -0.117. The fraction of sp³-hybridized carbons (Fsp3) is 0.0667. The molecule has 7 nitrogen and oxygen atoms in total. The average molecular weight is 369 g/mol. The highest BCUT2D eigenvalue weighted by molar-refractivity contribution is 7.92. The van der Waals surface area contributed by atoms with Crippen LogP contribution in [0, 0.1) is 0 Å². The molecule has 4 N–H and O–H groups in total. The summed E-state index contributed by atoms with van der Waals surface area (Å²) < 4.78 is 27.1. The van der Waals surface area contributed by atoms with Crippen molar-refractivity contribution in [3.05, 3.63) is 58.6 Å². The lowest BCUT2D eigenvalue weighted by Crippen LogP contribution is -2.15. The number of nitrogens with one attached hydrogen (secondary N) is 1. The number of carbonyl (C=O) groups excluding carboxylic acids is 1. The first kappa shape index (κ1) is 17.8. The van der Waals surface area contributed by atoms with Crippen LogP contribution in [0.5, 0.6) is 0 Å². The van der Waals surface area contributed by atoms with Gasteiger partial charge in [-0.1, -0.05) is 23.7 Å². The Morgan fingerprint density at radius 3 is 2.29 bits per heavy atom. The average Bonchev–Trinajstić information content (AvgIpc) is 2.48. The fourth-order valence-corrected chi connectivity index (χ4v) is 3.53. The Morgan fingerprint density at radius 2 is 1.75 bits per heavy atom. The first-order valence-corrected chi connectivity index (χ1v) is 8.48. The zero-order chi connectivity index (χ0) is 17.9. The molecule has 0 saturated heterocycles. The number of sulfonamides is 1. The van der Waals surface area contributed by atoms with E-state index in [2.05, 4.69) is 4.72 Å². The predicted molar refractivity (Wildman–Crippen MR) is 88.6 cm³/mol. The highest BCUT2D eigenvalue weighted by Crippen LogP contribution is 2.25. The van der Waals surface area contributed by atoms with Crippen LogP contribution in [-0.2, 0) is 21.2 Å². The van der Waals surface area contributed by atoms with Gasteiger partial charge in [0.2, 0.25) is 5.91 Å². The lowest BCUT2D eigenvalue weighted by atomic mass is 10.1. The largest absolute Gasteiger partial charge is 0.478 e. The highest BCUT2D eigenvalue weighted by Gasteiger charge is 2.20. The summed E-state index contributed by atoms with van der Waals surface area (Å²) in [5.41, 5.74) is 5.76. The molecule has 0 atom stereocenters. The molecule has 126 valence electrons. The third-order valence-corrected chi connectivity index (χ3v) is 4.92. The van der Waals surface area contributed by atoms with Gasteiger partial charge in [-0.2, -0.15) is 0 Å². The third kappa shape index (κ3) is 4.24. The van der Waals surface area contributed by atoms with E-state index >= 15 is 0 Å². The minimum Gasteiger partial charge on any atom is -0.478 e. The van der Waals surface area contributed by atoms with E-state index in [1.807, 2.05) is 0 Å². The number of hydrogen-bond acceptors (Lipinski definition) is 4. The van der Waals surface area contributed by atoms with Gasteiger partial charge < -0.3 is 10.8 Å². The molecule has 9 heteroatoms. The molecule has 0 spiro atoms. The topological polar surface area (TPSA) is 127 Å². The summed E-state index contributed by atoms with van der Waals surface area (Å²) >= 11 is 5.87. The maximum Gasteiger partial charge on any atom is 0.335 e. The normalized spacial score (nSPS) is 11.0. The van der Waals surface area contributed by atoms with Crippen LogP contribution in [0.3, 0.4) is 0 Å². The maximum atomic E-state index is 12.4. The number of carbonyl (C=O) groups is 2. The Morgan fingerprint density at radius 1 is 1.12 bits per heavy atom. The van der Waals surface area contributed by atoms with E-state index in [-0.39, 0.29) is 27.6 Å². The van der Waals surface area contributed by atoms with Gasteiger partial charge in [0.25, 0.3) is 10.0 Å². The summed E-state index contributed by atoms with van der Waals surface area (Å²) in [6.45, 7) is 0. The summed E-state index contributed by atoms with van der Waals surface area (Å²) in [4.78, 5) is 21.5. The molecule has 0 aliphatic rings. The number of nitrogens with two attached hydrogens (primary N) is 1. The number of rotatable bonds is 6. The van der Waals surface area contributed by atoms with E-state index in [1.165, 1.54) is 24.3 Å². The van der Waals surface area contributed by atoms with Crippen LogP contribution in [0.2, 0.25) is 5.02 Å². The van der Waals surface area contributed by atoms with Crippen LogP contribution in [0.15, 0.2) is 47.4 Å². The number of primary amides is 1. The van der Waals surface area contributed by atoms with E-state index in [4.69, 9.17) is 22.4 Å². The summed E-state index contributed by atoms with van der Waals surface area (Å²) in [7, 11) is -4.07. The number of halogens is 1. The SMILES string of the molecule is NC(=O)Cc1ccc(NS(=O)(=O)c2cc(C(=O)O)ccc2Cl)cc1. The molecular weight excluding hydrogens is 356 g/mol. The van der Waals surface area contributed by atoms with E-state index in [0.717, 1.165) is 6.07 Å². The molecule has 0 heterocycles. The fourth-order valence-electron chi connectivity index (χ4n) is 1.94. The van der Waals surface area contributed by atoms with Gasteiger partial charge in [0.05, 0.1) is 17.0 Å². The van der Waals surface area contributed by atoms with Gasteiger partial charge in [-0.3, -0.25) is 9.52 Å². The van der Waals surface area contributed by atoms with Crippen LogP contribution >= 0.6 is 11.6 Å². The second kappa shape index (κ2) is 6.90. The molecule has 24 heavy (non-hydrogen) atoms. The lowest BCUT2D eigenvalue weighted by Gasteiger charge is -2.10. The van der Waals surface area contributed by atoms with Crippen LogP contribution in [0.1, 0.15) is 15.9 Å². The number of carboxylic acid groups (broad SMARTS) is 1. The molecule has 0 bridgehead atoms. The zero-order valence-electron chi connectivity index (χ0n) is 12.2. The summed E-state index contributed by atoms with van der Waals surface area (Å²) in [6.07, 6.45) is 0.0412. The van der Waals surface area contributed by atoms with Crippen molar-refractivity contribution < 1.29 is 23.1 Å². The smallest absolute Gasteiger partial charge is 0.335 e. The van der Waals surface area contributed by atoms with Crippen molar-refractivity contribution >= 4 is 39.2 Å². The Labute approximate surface area is 143 Å². The van der Waals surface area contributed by atoms with Crippen molar-refractivity contribution in [2.75, 3.05) is 4.72 Å². The van der Waals surface area contributed by atoms with Gasteiger partial charge in [-0.25, -0.2) is 13.2 Å². The van der Waals surface area contributed by atoms with Gasteiger partial charge in [0.15, 0.2) is 0 Å². The summed E-state index contributed by atoms with van der Waals surface area (Å²) in [6, 6.07) is 9.43. The molecule has 2 aromatic rings. The number of benzene rings is 2. The molecule has 0 aliphatic heterocycles. The second-order valence-corrected chi connectivity index (χ2v) is 6.95. The first-order chi connectivity index (χ1) is 11.2. The Bertz CT molecular complexity index is 895. The number of hydrogen-bond donors (Lipinski definition) is 3. The Hall–Kier alpha value is -2.58. The van der Waals surface area contributed by atoms with Crippen molar-refractivity contribution in [1.82, 2.24) is 0 Å². The van der Waals surface area contributed by atoms with E-state index in [0.29, 0.717) is 5.56 Å². The summed E-state index contributed by atoms with van der Waals surface area (Å²) in [5, 5.41) is 8.86. The van der Waals surface area contributed by atoms with Crippen LogP contribution < -0.4 is 10.5 Å². The van der Waals surface area contributed by atoms with Crippen molar-refractivity contribution in [3.8, 4) is 0 Å². The van der Waals surface area contributed by atoms with Crippen molar-refractivity contribution in [2.45, 2.75) is 11.3 Å². The quantitative estimate of drug-likeness (QED) is 0.717. The molecule has 2 aromatic carbocycles. The molecule has 1 amide bonds. The van der Waals surface area contributed by atoms with Gasteiger partial charge in [-0.15, -0.1) is 0 Å². The van der Waals surface area contributed by atoms with E-state index in [1.54, 1.807) is 12.1 Å². The highest BCUT2D eigenvalue weighted by atomic mass is 35.5. The number of aromatic carboxylic acids is 1. The third-order valence-electron chi connectivity index (χ3n) is 3.05. The minimum absolute atomic E-state index is 0.0412. The standard InChI is InChI=1S/C15H13ClN2O5S/c16-12-6-3-10(15(20)21)8-13(12)24(22,23)18-11-4-1-9(2-5-11)7-14(17)19/h1-6,8,18H,7H2,(H2,17,19)(H,20,21). The Balaban J connectivity index is 2.30. The zero-order valence-corrected chi connectivity index (χ0v) is 13.8. The minimum atomic E-state index is -4.07. The van der Waals surface area contributed by atoms with Gasteiger partial charge >= 0.3 is 5.97 Å². The number of amides is 1. The molecule has 0 radical (unpaired) electrons. The molecule has 0 unspecified atom stereocenters. The molecule has 2 rings (SSSR count). The maximum absolute atomic E-state index is 12.4. The van der Waals surface area contributed by atoms with Crippen LogP contribution in [0.25, 0.3) is 0 Å². The second-order valence-electron chi connectivity index (χ2n) is 4.90. The van der Waals surface area contributed by atoms with Crippen molar-refractivity contribution in [3.63, 3.8) is 0 Å². The molecule has 0 aromatic heterocycles. The van der Waals surface area contributed by atoms with E-state index in [9.17, 15) is 18.0 Å². The van der Waals surface area contributed by atoms with Crippen LogP contribution in [-0.4, -0.2) is 25.4 Å². The van der Waals surface area contributed by atoms with Crippen molar-refractivity contribution in [2.24, 2.45) is 5.73 Å². The van der Waals surface area contributed by atoms with Gasteiger partial charge in [0.1, 0.15) is 4.90 Å². The van der Waals surface area contributed by atoms with E-state index < -0.39 is 21.9 Å². The van der Waals surface area contributed by atoms with Gasteiger partial charge in [0, 0.05) is 5.69 Å². The Kier molecular flexibility index (Phi) is 5.10. The molecule has 0 fully saturated rings.